The summed E-state index contributed by atoms with van der Waals surface area (Å²) in [6.45, 7) is 0. The number of Topliss-reactive ketones (excluding diaryl/α,β-unsaturated/α-hetero) is 1. The monoisotopic (exact) mass is 455 g/mol. The van der Waals surface area contributed by atoms with Crippen LogP contribution in [0.15, 0.2) is 47.8 Å². The number of fused-ring (bicyclic) bond motifs is 1. The van der Waals surface area contributed by atoms with Gasteiger partial charge in [-0.3, -0.25) is 4.79 Å². The van der Waals surface area contributed by atoms with Crippen molar-refractivity contribution in [1.82, 2.24) is 15.6 Å². The molecular formula is C19H13ClF3N3O3S. The van der Waals surface area contributed by atoms with Gasteiger partial charge in [0, 0.05) is 10.9 Å². The molecule has 0 spiro atoms. The van der Waals surface area contributed by atoms with Crippen molar-refractivity contribution in [2.24, 2.45) is 5.92 Å². The highest BCUT2D eigenvalue weighted by Gasteiger charge is 2.66. The fourth-order valence-electron chi connectivity index (χ4n) is 3.50. The van der Waals surface area contributed by atoms with Gasteiger partial charge in [-0.05, 0) is 23.6 Å². The van der Waals surface area contributed by atoms with Gasteiger partial charge in [-0.2, -0.15) is 13.2 Å². The van der Waals surface area contributed by atoms with Crippen LogP contribution in [0.5, 0.6) is 0 Å². The van der Waals surface area contributed by atoms with E-state index in [0.717, 1.165) is 11.3 Å². The lowest BCUT2D eigenvalue weighted by Gasteiger charge is -2.44. The molecule has 1 aromatic carbocycles. The number of nitrogens with zero attached hydrogens (tertiary/aromatic N) is 1. The van der Waals surface area contributed by atoms with E-state index in [1.54, 1.807) is 24.3 Å². The van der Waals surface area contributed by atoms with Crippen molar-refractivity contribution in [2.75, 3.05) is 0 Å². The second-order valence-corrected chi connectivity index (χ2v) is 8.03. The molecule has 0 bridgehead atoms. The third kappa shape index (κ3) is 3.30. The van der Waals surface area contributed by atoms with E-state index in [4.69, 9.17) is 11.6 Å². The molecule has 6 nitrogen and oxygen atoms in total. The SMILES string of the molecule is O=C1N[C@H](c2cc3ccccc3nc2Cl)[C@H](C(=O)c2cccs2)[C@](O)(C(F)(F)F)N1. The van der Waals surface area contributed by atoms with Crippen molar-refractivity contribution >= 4 is 45.7 Å². The lowest BCUT2D eigenvalue weighted by Crippen LogP contribution is -2.72. The van der Waals surface area contributed by atoms with Crippen LogP contribution in [-0.4, -0.2) is 33.8 Å². The van der Waals surface area contributed by atoms with Gasteiger partial charge in [-0.1, -0.05) is 35.9 Å². The summed E-state index contributed by atoms with van der Waals surface area (Å²) in [5, 5.41) is 16.2. The molecule has 2 aromatic heterocycles. The van der Waals surface area contributed by atoms with Crippen molar-refractivity contribution in [3.05, 3.63) is 63.4 Å². The Morgan fingerprint density at radius 3 is 2.63 bits per heavy atom. The number of rotatable bonds is 3. The van der Waals surface area contributed by atoms with Crippen LogP contribution in [0.3, 0.4) is 0 Å². The summed E-state index contributed by atoms with van der Waals surface area (Å²) >= 11 is 7.16. The van der Waals surface area contributed by atoms with Crippen LogP contribution < -0.4 is 10.6 Å². The molecule has 4 rings (SSSR count). The standard InChI is InChI=1S/C19H13ClF3N3O3S/c20-16-10(8-9-4-1-2-5-11(9)24-16)14-13(15(27)12-6-3-7-30-12)18(29,19(21,22)23)26-17(28)25-14/h1-8,13-14,29H,(H2,25,26,28)/t13-,14-,18+/m1/s1. The van der Waals surface area contributed by atoms with Crippen LogP contribution in [0.1, 0.15) is 21.3 Å². The molecule has 3 heterocycles. The second kappa shape index (κ2) is 7.22. The number of para-hydroxylation sites is 1. The number of carbonyl (C=O) groups is 2. The minimum Gasteiger partial charge on any atom is -0.363 e. The fraction of sp³-hybridized carbons (Fsp3) is 0.211. The number of pyridine rings is 1. The minimum absolute atomic E-state index is 0.00417. The van der Waals surface area contributed by atoms with Gasteiger partial charge in [-0.15, -0.1) is 11.3 Å². The van der Waals surface area contributed by atoms with E-state index in [1.165, 1.54) is 28.9 Å². The Hall–Kier alpha value is -2.69. The lowest BCUT2D eigenvalue weighted by atomic mass is 9.79. The number of hydrogen-bond donors (Lipinski definition) is 3. The largest absolute Gasteiger partial charge is 0.437 e. The van der Waals surface area contributed by atoms with Crippen molar-refractivity contribution in [2.45, 2.75) is 17.9 Å². The van der Waals surface area contributed by atoms with E-state index in [2.05, 4.69) is 10.3 Å². The summed E-state index contributed by atoms with van der Waals surface area (Å²) < 4.78 is 41.7. The maximum absolute atomic E-state index is 13.9. The third-order valence-corrected chi connectivity index (χ3v) is 6.08. The van der Waals surface area contributed by atoms with Crippen LogP contribution in [0.2, 0.25) is 5.15 Å². The zero-order valence-corrected chi connectivity index (χ0v) is 16.5. The first-order chi connectivity index (χ1) is 14.1. The summed E-state index contributed by atoms with van der Waals surface area (Å²) in [4.78, 5) is 29.3. The van der Waals surface area contributed by atoms with Gasteiger partial charge in [0.1, 0.15) is 11.1 Å². The average Bonchev–Trinajstić information content (AvgIpc) is 3.20. The Morgan fingerprint density at radius 1 is 1.23 bits per heavy atom. The van der Waals surface area contributed by atoms with E-state index in [1.807, 2.05) is 0 Å². The number of carbonyl (C=O) groups excluding carboxylic acids is 2. The number of ketones is 1. The van der Waals surface area contributed by atoms with Gasteiger partial charge >= 0.3 is 12.2 Å². The molecule has 3 aromatic rings. The van der Waals surface area contributed by atoms with Gasteiger partial charge < -0.3 is 15.7 Å². The Morgan fingerprint density at radius 2 is 1.97 bits per heavy atom. The van der Waals surface area contributed by atoms with Crippen molar-refractivity contribution in [1.29, 1.82) is 0 Å². The Balaban J connectivity index is 1.92. The topological polar surface area (TPSA) is 91.3 Å². The van der Waals surface area contributed by atoms with E-state index in [9.17, 15) is 27.9 Å². The van der Waals surface area contributed by atoms with Crippen LogP contribution in [0.25, 0.3) is 10.9 Å². The summed E-state index contributed by atoms with van der Waals surface area (Å²) in [7, 11) is 0. The Kier molecular flexibility index (Phi) is 4.95. The van der Waals surface area contributed by atoms with Gasteiger partial charge in [0.25, 0.3) is 0 Å². The average molecular weight is 456 g/mol. The molecule has 1 saturated heterocycles. The molecule has 3 atom stereocenters. The zero-order valence-electron chi connectivity index (χ0n) is 14.9. The molecule has 2 amide bonds. The number of urea groups is 1. The first kappa shape index (κ1) is 20.6. The molecule has 0 aliphatic carbocycles. The number of benzene rings is 1. The minimum atomic E-state index is -5.34. The number of alkyl halides is 3. The van der Waals surface area contributed by atoms with E-state index < -0.39 is 35.7 Å². The smallest absolute Gasteiger partial charge is 0.363 e. The highest BCUT2D eigenvalue weighted by Crippen LogP contribution is 2.45. The summed E-state index contributed by atoms with van der Waals surface area (Å²) in [6, 6.07) is 8.15. The van der Waals surface area contributed by atoms with Crippen molar-refractivity contribution < 1.29 is 27.9 Å². The highest BCUT2D eigenvalue weighted by molar-refractivity contribution is 7.12. The predicted octanol–water partition coefficient (Wildman–Crippen LogP) is 4.05. The van der Waals surface area contributed by atoms with Gasteiger partial charge in [0.2, 0.25) is 5.72 Å². The zero-order chi connectivity index (χ0) is 21.7. The Labute approximate surface area is 176 Å². The van der Waals surface area contributed by atoms with E-state index in [-0.39, 0.29) is 15.6 Å². The maximum atomic E-state index is 13.9. The van der Waals surface area contributed by atoms with Gasteiger partial charge in [-0.25, -0.2) is 9.78 Å². The third-order valence-electron chi connectivity index (χ3n) is 4.89. The molecule has 156 valence electrons. The number of nitrogens with one attached hydrogen (secondary N) is 2. The maximum Gasteiger partial charge on any atom is 0.437 e. The fourth-order valence-corrected chi connectivity index (χ4v) is 4.46. The van der Waals surface area contributed by atoms with E-state index in [0.29, 0.717) is 10.9 Å². The highest BCUT2D eigenvalue weighted by atomic mass is 35.5. The van der Waals surface area contributed by atoms with Crippen LogP contribution in [-0.2, 0) is 0 Å². The van der Waals surface area contributed by atoms with Crippen LogP contribution >= 0.6 is 22.9 Å². The second-order valence-electron chi connectivity index (χ2n) is 6.72. The molecular weight excluding hydrogens is 443 g/mol. The Bertz CT molecular complexity index is 1140. The number of hydrogen-bond acceptors (Lipinski definition) is 5. The van der Waals surface area contributed by atoms with Gasteiger partial charge in [0.05, 0.1) is 16.4 Å². The molecule has 1 fully saturated rings. The number of aromatic nitrogens is 1. The molecule has 1 aliphatic heterocycles. The summed E-state index contributed by atoms with van der Waals surface area (Å²) in [5.41, 5.74) is -3.34. The number of thiophene rings is 1. The number of aliphatic hydroxyl groups is 1. The molecule has 0 radical (unpaired) electrons. The summed E-state index contributed by atoms with van der Waals surface area (Å²) in [5.74, 6) is -3.14. The van der Waals surface area contributed by atoms with Gasteiger partial charge in [0.15, 0.2) is 5.78 Å². The lowest BCUT2D eigenvalue weighted by molar-refractivity contribution is -0.287. The molecule has 30 heavy (non-hydrogen) atoms. The summed E-state index contributed by atoms with van der Waals surface area (Å²) in [6.07, 6.45) is -5.34. The van der Waals surface area contributed by atoms with E-state index >= 15 is 0 Å². The first-order valence-electron chi connectivity index (χ1n) is 8.62. The molecule has 11 heteroatoms. The first-order valence-corrected chi connectivity index (χ1v) is 9.88. The molecule has 1 aliphatic rings. The van der Waals surface area contributed by atoms with Crippen molar-refractivity contribution in [3.63, 3.8) is 0 Å². The van der Waals surface area contributed by atoms with Crippen molar-refractivity contribution in [3.8, 4) is 0 Å². The van der Waals surface area contributed by atoms with Crippen LogP contribution in [0, 0.1) is 5.92 Å². The normalized spacial score (nSPS) is 24.4. The molecule has 0 saturated carbocycles. The molecule has 3 N–H and O–H groups in total. The predicted molar refractivity (Wildman–Crippen MR) is 104 cm³/mol. The molecule has 0 unspecified atom stereocenters. The number of halogens is 4. The quantitative estimate of drug-likeness (QED) is 0.410. The van der Waals surface area contributed by atoms with Crippen LogP contribution in [0.4, 0.5) is 18.0 Å². The number of amides is 2.